The zero-order valence-electron chi connectivity index (χ0n) is 16.5. The maximum absolute atomic E-state index is 13.9. The van der Waals surface area contributed by atoms with Gasteiger partial charge in [-0.1, -0.05) is 12.1 Å². The minimum atomic E-state index is -0.400. The van der Waals surface area contributed by atoms with Gasteiger partial charge in [-0.15, -0.1) is 6.58 Å². The smallest absolute Gasteiger partial charge is 0.306 e. The van der Waals surface area contributed by atoms with E-state index >= 15 is 0 Å². The van der Waals surface area contributed by atoms with Crippen molar-refractivity contribution in [3.8, 4) is 6.07 Å². The largest absolute Gasteiger partial charge is 0.462 e. The molecule has 2 saturated carbocycles. The Morgan fingerprint density at radius 2 is 1.79 bits per heavy atom. The van der Waals surface area contributed by atoms with Gasteiger partial charge in [-0.05, 0) is 93.2 Å². The Kier molecular flexibility index (Phi) is 7.25. The second-order valence-corrected chi connectivity index (χ2v) is 8.32. The number of nitrogens with zero attached hydrogens (tertiary/aromatic N) is 1. The summed E-state index contributed by atoms with van der Waals surface area (Å²) < 4.78 is 19.5. The average molecular weight is 384 g/mol. The minimum absolute atomic E-state index is 0.0894. The Labute approximate surface area is 167 Å². The van der Waals surface area contributed by atoms with E-state index in [-0.39, 0.29) is 17.6 Å². The fourth-order valence-corrected chi connectivity index (χ4v) is 4.94. The highest BCUT2D eigenvalue weighted by Crippen LogP contribution is 2.43. The van der Waals surface area contributed by atoms with Crippen molar-refractivity contribution in [3.05, 3.63) is 47.8 Å². The first-order chi connectivity index (χ1) is 13.6. The number of benzene rings is 1. The molecule has 1 aromatic carbocycles. The maximum Gasteiger partial charge on any atom is 0.306 e. The second kappa shape index (κ2) is 9.87. The van der Waals surface area contributed by atoms with Crippen molar-refractivity contribution < 1.29 is 13.9 Å². The van der Waals surface area contributed by atoms with Gasteiger partial charge >= 0.3 is 5.97 Å². The van der Waals surface area contributed by atoms with Crippen molar-refractivity contribution in [1.82, 2.24) is 0 Å². The van der Waals surface area contributed by atoms with Crippen molar-refractivity contribution >= 4 is 5.97 Å². The highest BCUT2D eigenvalue weighted by atomic mass is 19.1. The Balaban J connectivity index is 1.43. The third-order valence-electron chi connectivity index (χ3n) is 6.59. The molecule has 0 atom stereocenters. The minimum Gasteiger partial charge on any atom is -0.462 e. The molecule has 0 saturated heterocycles. The van der Waals surface area contributed by atoms with Gasteiger partial charge in [-0.25, -0.2) is 4.39 Å². The maximum atomic E-state index is 13.9. The number of carbonyl (C=O) groups is 1. The highest BCUT2D eigenvalue weighted by Gasteiger charge is 2.32. The van der Waals surface area contributed by atoms with Crippen LogP contribution in [0.1, 0.15) is 81.3 Å². The van der Waals surface area contributed by atoms with E-state index < -0.39 is 5.82 Å². The monoisotopic (exact) mass is 383 g/mol. The van der Waals surface area contributed by atoms with E-state index in [2.05, 4.69) is 6.58 Å². The van der Waals surface area contributed by atoms with Crippen LogP contribution in [0.5, 0.6) is 0 Å². The molecule has 2 aliphatic rings. The summed E-state index contributed by atoms with van der Waals surface area (Å²) in [4.78, 5) is 11.8. The van der Waals surface area contributed by atoms with Crippen LogP contribution >= 0.6 is 0 Å². The Hall–Kier alpha value is -2.15. The highest BCUT2D eigenvalue weighted by molar-refractivity contribution is 5.69. The van der Waals surface area contributed by atoms with E-state index in [0.29, 0.717) is 18.8 Å². The van der Waals surface area contributed by atoms with Crippen molar-refractivity contribution in [2.45, 2.75) is 76.2 Å². The molecule has 0 aromatic heterocycles. The fraction of sp³-hybridized carbons (Fsp3) is 0.583. The second-order valence-electron chi connectivity index (χ2n) is 8.32. The van der Waals surface area contributed by atoms with Gasteiger partial charge in [0.1, 0.15) is 18.0 Å². The van der Waals surface area contributed by atoms with Crippen molar-refractivity contribution in [3.63, 3.8) is 0 Å². The summed E-state index contributed by atoms with van der Waals surface area (Å²) in [5.74, 6) is 1.36. The number of hydrogen-bond donors (Lipinski definition) is 0. The quantitative estimate of drug-likeness (QED) is 0.444. The van der Waals surface area contributed by atoms with E-state index in [1.165, 1.54) is 12.8 Å². The van der Waals surface area contributed by atoms with Gasteiger partial charge in [0.15, 0.2) is 0 Å². The van der Waals surface area contributed by atoms with Gasteiger partial charge in [-0.2, -0.15) is 5.26 Å². The molecule has 0 spiro atoms. The number of nitriles is 1. The summed E-state index contributed by atoms with van der Waals surface area (Å²) in [7, 11) is 0. The van der Waals surface area contributed by atoms with Crippen LogP contribution in [-0.2, 0) is 9.53 Å². The number of ether oxygens (including phenoxy) is 1. The van der Waals surface area contributed by atoms with Crippen molar-refractivity contribution in [1.29, 1.82) is 5.26 Å². The molecule has 0 amide bonds. The molecular weight excluding hydrogens is 353 g/mol. The first-order valence-corrected chi connectivity index (χ1v) is 10.6. The zero-order chi connectivity index (χ0) is 19.9. The first-order valence-electron chi connectivity index (χ1n) is 10.6. The number of rotatable bonds is 6. The van der Waals surface area contributed by atoms with Crippen LogP contribution < -0.4 is 0 Å². The molecule has 150 valence electrons. The molecule has 1 aromatic rings. The average Bonchev–Trinajstić information content (AvgIpc) is 2.73. The molecule has 0 radical (unpaired) electrons. The summed E-state index contributed by atoms with van der Waals surface area (Å²) in [6.07, 6.45) is 11.7. The van der Waals surface area contributed by atoms with E-state index in [4.69, 9.17) is 10.00 Å². The van der Waals surface area contributed by atoms with Crippen LogP contribution in [0.15, 0.2) is 30.9 Å². The summed E-state index contributed by atoms with van der Waals surface area (Å²) in [6.45, 7) is 3.64. The summed E-state index contributed by atoms with van der Waals surface area (Å²) in [5.41, 5.74) is 1.16. The van der Waals surface area contributed by atoms with Crippen LogP contribution in [0.2, 0.25) is 0 Å². The van der Waals surface area contributed by atoms with E-state index in [9.17, 15) is 9.18 Å². The number of hydrogen-bond acceptors (Lipinski definition) is 3. The topological polar surface area (TPSA) is 50.1 Å². The summed E-state index contributed by atoms with van der Waals surface area (Å²) in [5, 5.41) is 8.88. The van der Waals surface area contributed by atoms with Gasteiger partial charge in [0.05, 0.1) is 5.56 Å². The molecule has 0 aliphatic heterocycles. The zero-order valence-corrected chi connectivity index (χ0v) is 16.5. The van der Waals surface area contributed by atoms with Gasteiger partial charge in [0.25, 0.3) is 0 Å². The van der Waals surface area contributed by atoms with Crippen LogP contribution in [0.25, 0.3) is 0 Å². The van der Waals surface area contributed by atoms with E-state index in [1.807, 2.05) is 12.1 Å². The number of esters is 1. The molecule has 0 unspecified atom stereocenters. The van der Waals surface area contributed by atoms with E-state index in [0.717, 1.165) is 55.9 Å². The third-order valence-corrected chi connectivity index (χ3v) is 6.59. The lowest BCUT2D eigenvalue weighted by Gasteiger charge is -2.37. The Bertz CT molecular complexity index is 723. The molecule has 0 bridgehead atoms. The fourth-order valence-electron chi connectivity index (χ4n) is 4.94. The molecule has 28 heavy (non-hydrogen) atoms. The molecule has 2 fully saturated rings. The van der Waals surface area contributed by atoms with Crippen LogP contribution in [0, 0.1) is 29.0 Å². The lowest BCUT2D eigenvalue weighted by atomic mass is 9.69. The molecule has 0 N–H and O–H groups in total. The van der Waals surface area contributed by atoms with Gasteiger partial charge in [0.2, 0.25) is 0 Å². The number of allylic oxidation sites excluding steroid dienone is 1. The van der Waals surface area contributed by atoms with Crippen molar-refractivity contribution in [2.75, 3.05) is 0 Å². The molecular formula is C24H30FNO2. The van der Waals surface area contributed by atoms with Crippen LogP contribution in [-0.4, -0.2) is 12.1 Å². The van der Waals surface area contributed by atoms with E-state index in [1.54, 1.807) is 18.2 Å². The predicted molar refractivity (Wildman–Crippen MR) is 107 cm³/mol. The lowest BCUT2D eigenvalue weighted by Crippen LogP contribution is -2.29. The van der Waals surface area contributed by atoms with Gasteiger partial charge < -0.3 is 4.74 Å². The number of halogens is 1. The lowest BCUT2D eigenvalue weighted by molar-refractivity contribution is -0.151. The predicted octanol–water partition coefficient (Wildman–Crippen LogP) is 6.04. The SMILES string of the molecule is C=CCCC(=O)OC1CCC(C2CCC(c3ccc(C#N)c(F)c3)CC2)CC1. The van der Waals surface area contributed by atoms with Gasteiger partial charge in [0, 0.05) is 6.42 Å². The standard InChI is InChI=1S/C24H30FNO2/c1-2-3-4-24(27)28-22-13-11-18(12-14-22)17-5-7-19(8-6-17)20-9-10-21(16-26)23(25)15-20/h2,9-10,15,17-19,22H,1,3-8,11-14H2. The van der Waals surface area contributed by atoms with Gasteiger partial charge in [-0.3, -0.25) is 4.79 Å². The Morgan fingerprint density at radius 3 is 2.36 bits per heavy atom. The molecule has 3 rings (SSSR count). The van der Waals surface area contributed by atoms with Crippen molar-refractivity contribution in [2.24, 2.45) is 11.8 Å². The molecule has 4 heteroatoms. The van der Waals surface area contributed by atoms with Crippen LogP contribution in [0.4, 0.5) is 4.39 Å². The Morgan fingerprint density at radius 1 is 1.14 bits per heavy atom. The third kappa shape index (κ3) is 5.22. The normalized spacial score (nSPS) is 27.6. The number of carbonyl (C=O) groups excluding carboxylic acids is 1. The summed E-state index contributed by atoms with van der Waals surface area (Å²) in [6, 6.07) is 6.96. The molecule has 0 heterocycles. The molecule has 2 aliphatic carbocycles. The van der Waals surface area contributed by atoms with Crippen LogP contribution in [0.3, 0.4) is 0 Å². The summed E-state index contributed by atoms with van der Waals surface area (Å²) >= 11 is 0. The first kappa shape index (κ1) is 20.6. The molecule has 3 nitrogen and oxygen atoms in total.